The van der Waals surface area contributed by atoms with Gasteiger partial charge >= 0.3 is 6.03 Å². The van der Waals surface area contributed by atoms with Crippen LogP contribution in [-0.2, 0) is 0 Å². The van der Waals surface area contributed by atoms with E-state index < -0.39 is 5.60 Å². The number of amides is 2. The first-order chi connectivity index (χ1) is 8.13. The van der Waals surface area contributed by atoms with Crippen molar-refractivity contribution in [1.82, 2.24) is 10.2 Å². The lowest BCUT2D eigenvalue weighted by molar-refractivity contribution is -0.0305. The minimum atomic E-state index is -0.639. The Hall–Kier alpha value is -0.770. The summed E-state index contributed by atoms with van der Waals surface area (Å²) in [7, 11) is 0. The summed E-state index contributed by atoms with van der Waals surface area (Å²) in [6.07, 6.45) is 6.08. The molecule has 17 heavy (non-hydrogen) atoms. The van der Waals surface area contributed by atoms with Crippen molar-refractivity contribution in [2.45, 2.75) is 51.0 Å². The molecule has 0 aromatic carbocycles. The Morgan fingerprint density at radius 3 is 2.76 bits per heavy atom. The Labute approximate surface area is 103 Å². The molecule has 1 saturated carbocycles. The highest BCUT2D eigenvalue weighted by Gasteiger charge is 2.35. The van der Waals surface area contributed by atoms with Crippen molar-refractivity contribution in [3.05, 3.63) is 0 Å². The molecule has 1 aliphatic carbocycles. The highest BCUT2D eigenvalue weighted by atomic mass is 16.3. The molecule has 2 N–H and O–H groups in total. The first kappa shape index (κ1) is 12.7. The van der Waals surface area contributed by atoms with Crippen molar-refractivity contribution in [3.8, 4) is 0 Å². The van der Waals surface area contributed by atoms with Crippen LogP contribution in [0.1, 0.15) is 45.4 Å². The van der Waals surface area contributed by atoms with Gasteiger partial charge in [0.2, 0.25) is 0 Å². The summed E-state index contributed by atoms with van der Waals surface area (Å²) in [5, 5.41) is 13.4. The molecule has 1 heterocycles. The molecule has 2 fully saturated rings. The average molecular weight is 240 g/mol. The number of nitrogens with zero attached hydrogens (tertiary/aromatic N) is 1. The van der Waals surface area contributed by atoms with E-state index in [0.29, 0.717) is 6.54 Å². The summed E-state index contributed by atoms with van der Waals surface area (Å²) >= 11 is 0. The molecule has 0 aromatic rings. The predicted molar refractivity (Wildman–Crippen MR) is 66.8 cm³/mol. The van der Waals surface area contributed by atoms with Crippen molar-refractivity contribution >= 4 is 6.03 Å². The van der Waals surface area contributed by atoms with Gasteiger partial charge in [0.1, 0.15) is 0 Å². The van der Waals surface area contributed by atoms with Gasteiger partial charge in [-0.25, -0.2) is 4.79 Å². The maximum absolute atomic E-state index is 11.6. The van der Waals surface area contributed by atoms with E-state index in [1.807, 2.05) is 0 Å². The van der Waals surface area contributed by atoms with Crippen LogP contribution in [0.4, 0.5) is 4.79 Å². The zero-order valence-corrected chi connectivity index (χ0v) is 10.7. The number of hydrogen-bond donors (Lipinski definition) is 2. The highest BCUT2D eigenvalue weighted by molar-refractivity contribution is 5.74. The Kier molecular flexibility index (Phi) is 3.92. The smallest absolute Gasteiger partial charge is 0.317 e. The quantitative estimate of drug-likeness (QED) is 0.789. The van der Waals surface area contributed by atoms with Crippen molar-refractivity contribution < 1.29 is 9.90 Å². The second-order valence-electron chi connectivity index (χ2n) is 5.58. The van der Waals surface area contributed by atoms with Gasteiger partial charge in [0.15, 0.2) is 0 Å². The number of aliphatic hydroxyl groups is 1. The van der Waals surface area contributed by atoms with E-state index in [0.717, 1.165) is 51.1 Å². The number of carbonyl (C=O) groups excluding carboxylic acids is 1. The van der Waals surface area contributed by atoms with Gasteiger partial charge in [-0.3, -0.25) is 0 Å². The molecule has 4 nitrogen and oxygen atoms in total. The third-order valence-electron chi connectivity index (χ3n) is 4.27. The van der Waals surface area contributed by atoms with Crippen LogP contribution < -0.4 is 5.32 Å². The van der Waals surface area contributed by atoms with Gasteiger partial charge in [0.05, 0.1) is 12.1 Å². The molecule has 2 rings (SSSR count). The lowest BCUT2D eigenvalue weighted by atomic mass is 9.77. The van der Waals surface area contributed by atoms with Crippen LogP contribution in [0, 0.1) is 5.92 Å². The summed E-state index contributed by atoms with van der Waals surface area (Å²) in [4.78, 5) is 13.4. The van der Waals surface area contributed by atoms with Crippen molar-refractivity contribution in [2.75, 3.05) is 19.6 Å². The van der Waals surface area contributed by atoms with Crippen LogP contribution in [0.2, 0.25) is 0 Å². The van der Waals surface area contributed by atoms with Gasteiger partial charge in [-0.15, -0.1) is 0 Å². The summed E-state index contributed by atoms with van der Waals surface area (Å²) in [6, 6.07) is -0.0118. The molecule has 0 bridgehead atoms. The van der Waals surface area contributed by atoms with Gasteiger partial charge < -0.3 is 15.3 Å². The molecule has 1 aliphatic heterocycles. The van der Waals surface area contributed by atoms with E-state index in [-0.39, 0.29) is 6.03 Å². The number of rotatable bonds is 3. The molecule has 2 amide bonds. The predicted octanol–water partition coefficient (Wildman–Crippen LogP) is 1.73. The topological polar surface area (TPSA) is 52.6 Å². The number of carbonyl (C=O) groups is 1. The van der Waals surface area contributed by atoms with Crippen LogP contribution >= 0.6 is 0 Å². The molecule has 0 atom stereocenters. The first-order valence-corrected chi connectivity index (χ1v) is 6.88. The highest BCUT2D eigenvalue weighted by Crippen LogP contribution is 2.34. The van der Waals surface area contributed by atoms with Crippen molar-refractivity contribution in [3.63, 3.8) is 0 Å². The fourth-order valence-electron chi connectivity index (χ4n) is 2.97. The number of urea groups is 1. The molecule has 0 aromatic heterocycles. The van der Waals surface area contributed by atoms with Crippen LogP contribution in [0.15, 0.2) is 0 Å². The summed E-state index contributed by atoms with van der Waals surface area (Å²) in [6.45, 7) is 4.28. The Balaban J connectivity index is 1.87. The molecule has 0 unspecified atom stereocenters. The zero-order valence-electron chi connectivity index (χ0n) is 10.7. The average Bonchev–Trinajstić information content (AvgIpc) is 2.33. The number of hydrogen-bond acceptors (Lipinski definition) is 2. The van der Waals surface area contributed by atoms with Gasteiger partial charge in [0.25, 0.3) is 0 Å². The fraction of sp³-hybridized carbons (Fsp3) is 0.923. The monoisotopic (exact) mass is 240 g/mol. The maximum Gasteiger partial charge on any atom is 0.317 e. The van der Waals surface area contributed by atoms with Gasteiger partial charge in [-0.05, 0) is 38.0 Å². The first-order valence-electron chi connectivity index (χ1n) is 6.88. The Morgan fingerprint density at radius 2 is 2.18 bits per heavy atom. The molecular formula is C13H24N2O2. The summed E-state index contributed by atoms with van der Waals surface area (Å²) in [5.41, 5.74) is -0.639. The Bertz CT molecular complexity index is 273. The zero-order chi connectivity index (χ0) is 12.3. The summed E-state index contributed by atoms with van der Waals surface area (Å²) < 4.78 is 0. The molecule has 1 saturated heterocycles. The van der Waals surface area contributed by atoms with Crippen molar-refractivity contribution in [1.29, 1.82) is 0 Å². The molecule has 2 aliphatic rings. The van der Waals surface area contributed by atoms with Gasteiger partial charge in [-0.2, -0.15) is 0 Å². The van der Waals surface area contributed by atoms with E-state index in [1.54, 1.807) is 4.90 Å². The van der Waals surface area contributed by atoms with E-state index in [1.165, 1.54) is 6.42 Å². The van der Waals surface area contributed by atoms with Crippen LogP contribution in [-0.4, -0.2) is 41.3 Å². The third-order valence-corrected chi connectivity index (χ3v) is 4.27. The minimum Gasteiger partial charge on any atom is -0.388 e. The van der Waals surface area contributed by atoms with Gasteiger partial charge in [-0.1, -0.05) is 13.3 Å². The molecule has 0 spiro atoms. The summed E-state index contributed by atoms with van der Waals surface area (Å²) in [5.74, 6) is 0.769. The largest absolute Gasteiger partial charge is 0.388 e. The molecular weight excluding hydrogens is 216 g/mol. The van der Waals surface area contributed by atoms with E-state index in [9.17, 15) is 9.90 Å². The van der Waals surface area contributed by atoms with Crippen LogP contribution in [0.5, 0.6) is 0 Å². The molecule has 4 heteroatoms. The van der Waals surface area contributed by atoms with E-state index in [2.05, 4.69) is 12.2 Å². The molecule has 0 radical (unpaired) electrons. The van der Waals surface area contributed by atoms with E-state index in [4.69, 9.17) is 0 Å². The molecule has 98 valence electrons. The van der Waals surface area contributed by atoms with Gasteiger partial charge in [0, 0.05) is 13.1 Å². The SMILES string of the molecule is CCC1CCC(O)(CN2CCCNC2=O)CC1. The second-order valence-corrected chi connectivity index (χ2v) is 5.58. The third kappa shape index (κ3) is 3.12. The second kappa shape index (κ2) is 5.25. The van der Waals surface area contributed by atoms with E-state index >= 15 is 0 Å². The van der Waals surface area contributed by atoms with Crippen LogP contribution in [0.3, 0.4) is 0 Å². The lowest BCUT2D eigenvalue weighted by Crippen LogP contribution is -2.53. The number of β-amino-alcohol motifs (C(OH)–C–C–N with tert-alkyl or cyclic N) is 1. The van der Waals surface area contributed by atoms with Crippen molar-refractivity contribution in [2.24, 2.45) is 5.92 Å². The maximum atomic E-state index is 11.6. The standard InChI is InChI=1S/C13H24N2O2/c1-2-11-4-6-13(17,7-5-11)10-15-9-3-8-14-12(15)16/h11,17H,2-10H2,1H3,(H,14,16). The minimum absolute atomic E-state index is 0.0118. The lowest BCUT2D eigenvalue weighted by Gasteiger charge is -2.40. The van der Waals surface area contributed by atoms with Crippen LogP contribution in [0.25, 0.3) is 0 Å². The number of nitrogens with one attached hydrogen (secondary N) is 1. The Morgan fingerprint density at radius 1 is 1.47 bits per heavy atom. The normalized spacial score (nSPS) is 34.6. The fourth-order valence-corrected chi connectivity index (χ4v) is 2.97.